The van der Waals surface area contributed by atoms with Crippen molar-refractivity contribution < 1.29 is 9.21 Å². The van der Waals surface area contributed by atoms with Crippen molar-refractivity contribution in [2.75, 3.05) is 0 Å². The van der Waals surface area contributed by atoms with Gasteiger partial charge in [0.15, 0.2) is 0 Å². The van der Waals surface area contributed by atoms with E-state index in [2.05, 4.69) is 21.2 Å². The SMILES string of the molecule is N#C/C(=C\c1ccc(-c2ccc(Br)cc2)o1)C(=O)NC1CC1. The third-order valence-electron chi connectivity index (χ3n) is 3.32. The lowest BCUT2D eigenvalue weighted by Crippen LogP contribution is -2.26. The van der Waals surface area contributed by atoms with Crippen LogP contribution in [0.25, 0.3) is 17.4 Å². The normalized spacial score (nSPS) is 14.5. The molecule has 2 aromatic rings. The van der Waals surface area contributed by atoms with Crippen molar-refractivity contribution in [3.05, 3.63) is 52.2 Å². The molecule has 0 unspecified atom stereocenters. The second kappa shape index (κ2) is 6.20. The van der Waals surface area contributed by atoms with Gasteiger partial charge in [-0.25, -0.2) is 0 Å². The maximum absolute atomic E-state index is 11.9. The molecule has 1 saturated carbocycles. The van der Waals surface area contributed by atoms with Crippen molar-refractivity contribution in [1.82, 2.24) is 5.32 Å². The molecular formula is C17H13BrN2O2. The van der Waals surface area contributed by atoms with Gasteiger partial charge in [0.05, 0.1) is 0 Å². The van der Waals surface area contributed by atoms with Crippen molar-refractivity contribution in [1.29, 1.82) is 5.26 Å². The minimum absolute atomic E-state index is 0.0589. The van der Waals surface area contributed by atoms with Crippen LogP contribution in [-0.2, 0) is 4.79 Å². The van der Waals surface area contributed by atoms with E-state index in [9.17, 15) is 4.79 Å². The molecule has 0 saturated heterocycles. The number of hydrogen-bond donors (Lipinski definition) is 1. The standard InChI is InChI=1S/C17H13BrN2O2/c18-13-3-1-11(2-4-13)16-8-7-15(22-16)9-12(10-19)17(21)20-14-5-6-14/h1-4,7-9,14H,5-6H2,(H,20,21)/b12-9+. The number of nitriles is 1. The van der Waals surface area contributed by atoms with Crippen LogP contribution in [0.4, 0.5) is 0 Å². The van der Waals surface area contributed by atoms with Gasteiger partial charge in [-0.05, 0) is 37.1 Å². The summed E-state index contributed by atoms with van der Waals surface area (Å²) >= 11 is 3.39. The highest BCUT2D eigenvalue weighted by molar-refractivity contribution is 9.10. The first kappa shape index (κ1) is 14.6. The molecule has 1 N–H and O–H groups in total. The van der Waals surface area contributed by atoms with Gasteiger partial charge >= 0.3 is 0 Å². The lowest BCUT2D eigenvalue weighted by atomic mass is 10.2. The Morgan fingerprint density at radius 2 is 2.00 bits per heavy atom. The maximum Gasteiger partial charge on any atom is 0.262 e. The molecule has 1 aliphatic carbocycles. The highest BCUT2D eigenvalue weighted by Gasteiger charge is 2.24. The van der Waals surface area contributed by atoms with Crippen LogP contribution in [0.15, 0.2) is 50.9 Å². The summed E-state index contributed by atoms with van der Waals surface area (Å²) in [5, 5.41) is 11.9. The van der Waals surface area contributed by atoms with Gasteiger partial charge in [-0.2, -0.15) is 5.26 Å². The van der Waals surface area contributed by atoms with Crippen LogP contribution in [0.2, 0.25) is 0 Å². The van der Waals surface area contributed by atoms with E-state index in [-0.39, 0.29) is 17.5 Å². The zero-order valence-electron chi connectivity index (χ0n) is 11.7. The van der Waals surface area contributed by atoms with Gasteiger partial charge in [-0.1, -0.05) is 28.1 Å². The Kier molecular flexibility index (Phi) is 4.12. The molecule has 0 aliphatic heterocycles. The molecule has 1 amide bonds. The molecule has 0 radical (unpaired) electrons. The number of halogens is 1. The molecule has 3 rings (SSSR count). The van der Waals surface area contributed by atoms with Gasteiger partial charge in [0.1, 0.15) is 23.2 Å². The number of carbonyl (C=O) groups is 1. The van der Waals surface area contributed by atoms with Crippen LogP contribution in [-0.4, -0.2) is 11.9 Å². The van der Waals surface area contributed by atoms with Crippen LogP contribution in [0.5, 0.6) is 0 Å². The highest BCUT2D eigenvalue weighted by Crippen LogP contribution is 2.25. The summed E-state index contributed by atoms with van der Waals surface area (Å²) in [5.74, 6) is 0.839. The third kappa shape index (κ3) is 3.46. The molecule has 1 aliphatic rings. The average Bonchev–Trinajstić information content (AvgIpc) is 3.21. The smallest absolute Gasteiger partial charge is 0.262 e. The number of carbonyl (C=O) groups excluding carboxylic acids is 1. The molecule has 22 heavy (non-hydrogen) atoms. The second-order valence-electron chi connectivity index (χ2n) is 5.13. The Hall–Kier alpha value is -2.32. The molecule has 1 heterocycles. The van der Waals surface area contributed by atoms with Crippen molar-refractivity contribution in [2.24, 2.45) is 0 Å². The fourth-order valence-corrected chi connectivity index (χ4v) is 2.25. The zero-order chi connectivity index (χ0) is 15.5. The first-order chi connectivity index (χ1) is 10.7. The Labute approximate surface area is 136 Å². The van der Waals surface area contributed by atoms with Crippen LogP contribution in [0.1, 0.15) is 18.6 Å². The summed E-state index contributed by atoms with van der Waals surface area (Å²) < 4.78 is 6.68. The molecule has 1 aromatic heterocycles. The lowest BCUT2D eigenvalue weighted by molar-refractivity contribution is -0.117. The van der Waals surface area contributed by atoms with Crippen molar-refractivity contribution in [3.63, 3.8) is 0 Å². The summed E-state index contributed by atoms with van der Waals surface area (Å²) in [4.78, 5) is 11.9. The van der Waals surface area contributed by atoms with Gasteiger partial charge in [0, 0.05) is 22.2 Å². The van der Waals surface area contributed by atoms with E-state index in [1.807, 2.05) is 36.4 Å². The van der Waals surface area contributed by atoms with Crippen molar-refractivity contribution in [3.8, 4) is 17.4 Å². The average molecular weight is 357 g/mol. The third-order valence-corrected chi connectivity index (χ3v) is 3.85. The first-order valence-electron chi connectivity index (χ1n) is 6.94. The number of furan rings is 1. The fourth-order valence-electron chi connectivity index (χ4n) is 1.98. The molecule has 4 nitrogen and oxygen atoms in total. The molecule has 1 fully saturated rings. The van der Waals surface area contributed by atoms with Crippen LogP contribution in [0.3, 0.4) is 0 Å². The Morgan fingerprint density at radius 1 is 1.27 bits per heavy atom. The second-order valence-corrected chi connectivity index (χ2v) is 6.04. The Bertz CT molecular complexity index is 765. The molecule has 110 valence electrons. The number of hydrogen-bond acceptors (Lipinski definition) is 3. The number of benzene rings is 1. The number of amides is 1. The van der Waals surface area contributed by atoms with E-state index in [4.69, 9.17) is 9.68 Å². The number of nitrogens with one attached hydrogen (secondary N) is 1. The van der Waals surface area contributed by atoms with E-state index in [1.54, 1.807) is 6.07 Å². The van der Waals surface area contributed by atoms with Gasteiger partial charge in [0.25, 0.3) is 5.91 Å². The number of nitrogens with zero attached hydrogens (tertiary/aromatic N) is 1. The summed E-state index contributed by atoms with van der Waals surface area (Å²) in [7, 11) is 0. The van der Waals surface area contributed by atoms with Crippen molar-refractivity contribution >= 4 is 27.9 Å². The topological polar surface area (TPSA) is 66.0 Å². The highest BCUT2D eigenvalue weighted by atomic mass is 79.9. The molecule has 0 atom stereocenters. The molecule has 5 heteroatoms. The van der Waals surface area contributed by atoms with E-state index in [0.717, 1.165) is 22.9 Å². The Balaban J connectivity index is 1.80. The maximum atomic E-state index is 11.9. The monoisotopic (exact) mass is 356 g/mol. The Morgan fingerprint density at radius 3 is 2.64 bits per heavy atom. The van der Waals surface area contributed by atoms with Crippen molar-refractivity contribution in [2.45, 2.75) is 18.9 Å². The summed E-state index contributed by atoms with van der Waals surface area (Å²) in [5.41, 5.74) is 0.993. The zero-order valence-corrected chi connectivity index (χ0v) is 13.3. The predicted molar refractivity (Wildman–Crippen MR) is 86.6 cm³/mol. The van der Waals surface area contributed by atoms with Crippen LogP contribution >= 0.6 is 15.9 Å². The van der Waals surface area contributed by atoms with Gasteiger partial charge in [-0.3, -0.25) is 4.79 Å². The molecular weight excluding hydrogens is 344 g/mol. The van der Waals surface area contributed by atoms with Gasteiger partial charge < -0.3 is 9.73 Å². The summed E-state index contributed by atoms with van der Waals surface area (Å²) in [6.07, 6.45) is 3.44. The van der Waals surface area contributed by atoms with E-state index in [1.165, 1.54) is 6.08 Å². The van der Waals surface area contributed by atoms with E-state index < -0.39 is 0 Å². The first-order valence-corrected chi connectivity index (χ1v) is 7.73. The van der Waals surface area contributed by atoms with Gasteiger partial charge in [-0.15, -0.1) is 0 Å². The molecule has 0 bridgehead atoms. The summed E-state index contributed by atoms with van der Waals surface area (Å²) in [6, 6.07) is 13.4. The fraction of sp³-hybridized carbons (Fsp3) is 0.176. The largest absolute Gasteiger partial charge is 0.457 e. The number of rotatable bonds is 4. The molecule has 1 aromatic carbocycles. The predicted octanol–water partition coefficient (Wildman–Crippen LogP) is 3.89. The molecule has 0 spiro atoms. The minimum atomic E-state index is -0.341. The van der Waals surface area contributed by atoms with Crippen LogP contribution in [0, 0.1) is 11.3 Å². The lowest BCUT2D eigenvalue weighted by Gasteiger charge is -2.00. The van der Waals surface area contributed by atoms with Gasteiger partial charge in [0.2, 0.25) is 0 Å². The van der Waals surface area contributed by atoms with Crippen LogP contribution < -0.4 is 5.32 Å². The van der Waals surface area contributed by atoms with E-state index in [0.29, 0.717) is 11.5 Å². The quantitative estimate of drug-likeness (QED) is 0.667. The minimum Gasteiger partial charge on any atom is -0.457 e. The van der Waals surface area contributed by atoms with E-state index >= 15 is 0 Å². The summed E-state index contributed by atoms with van der Waals surface area (Å²) in [6.45, 7) is 0.